The van der Waals surface area contributed by atoms with Gasteiger partial charge in [0.25, 0.3) is 0 Å². The van der Waals surface area contributed by atoms with Crippen molar-refractivity contribution >= 4 is 17.3 Å². The zero-order valence-corrected chi connectivity index (χ0v) is 15.6. The Hall–Kier alpha value is -0.870. The molecule has 0 aromatic carbocycles. The number of carbonyl (C=O) groups is 1. The Balaban J connectivity index is 2.07. The minimum absolute atomic E-state index is 0.206. The molecule has 3 N–H and O–H groups in total. The second-order valence-corrected chi connectivity index (χ2v) is 10.2. The van der Waals surface area contributed by atoms with Gasteiger partial charge < -0.3 is 10.8 Å². The Kier molecular flexibility index (Phi) is 4.13. The first-order valence-electron chi connectivity index (χ1n) is 8.71. The van der Waals surface area contributed by atoms with Gasteiger partial charge in [-0.25, -0.2) is 4.79 Å². The molecule has 0 amide bonds. The van der Waals surface area contributed by atoms with E-state index < -0.39 is 5.97 Å². The molecule has 2 aliphatic carbocycles. The average Bonchev–Trinajstić information content (AvgIpc) is 2.93. The third-order valence-electron chi connectivity index (χ3n) is 5.81. The number of carboxylic acids is 1. The largest absolute Gasteiger partial charge is 0.478 e. The summed E-state index contributed by atoms with van der Waals surface area (Å²) < 4.78 is 0. The summed E-state index contributed by atoms with van der Waals surface area (Å²) in [6.45, 7) is 9.72. The fourth-order valence-corrected chi connectivity index (χ4v) is 6.20. The maximum atomic E-state index is 12.1. The van der Waals surface area contributed by atoms with Crippen molar-refractivity contribution in [1.82, 2.24) is 0 Å². The molecule has 0 saturated heterocycles. The van der Waals surface area contributed by atoms with Gasteiger partial charge in [0.2, 0.25) is 0 Å². The van der Waals surface area contributed by atoms with Gasteiger partial charge >= 0.3 is 5.97 Å². The van der Waals surface area contributed by atoms with Crippen LogP contribution < -0.4 is 5.73 Å². The molecule has 1 saturated carbocycles. The van der Waals surface area contributed by atoms with Crippen LogP contribution in [0.15, 0.2) is 0 Å². The van der Waals surface area contributed by atoms with Crippen molar-refractivity contribution in [2.24, 2.45) is 22.5 Å². The van der Waals surface area contributed by atoms with E-state index in [4.69, 9.17) is 5.73 Å². The van der Waals surface area contributed by atoms with Crippen molar-refractivity contribution < 1.29 is 9.90 Å². The summed E-state index contributed by atoms with van der Waals surface area (Å²) in [5.41, 5.74) is 8.24. The molecule has 2 atom stereocenters. The molecular weight excluding hydrogens is 306 g/mol. The van der Waals surface area contributed by atoms with Gasteiger partial charge in [-0.2, -0.15) is 0 Å². The molecular formula is C19H29NO2S. The van der Waals surface area contributed by atoms with E-state index in [0.29, 0.717) is 23.9 Å². The first kappa shape index (κ1) is 17.0. The second-order valence-electron chi connectivity index (χ2n) is 9.06. The van der Waals surface area contributed by atoms with Gasteiger partial charge in [-0.05, 0) is 66.9 Å². The van der Waals surface area contributed by atoms with Crippen LogP contribution in [-0.2, 0) is 12.8 Å². The van der Waals surface area contributed by atoms with Crippen LogP contribution in [0.1, 0.15) is 78.6 Å². The molecule has 0 unspecified atom stereocenters. The van der Waals surface area contributed by atoms with E-state index in [1.807, 2.05) is 0 Å². The van der Waals surface area contributed by atoms with E-state index >= 15 is 0 Å². The number of aryl methyl sites for hydroxylation is 1. The molecule has 1 aromatic rings. The number of hydrogen-bond donors (Lipinski definition) is 2. The van der Waals surface area contributed by atoms with Crippen molar-refractivity contribution in [2.45, 2.75) is 65.7 Å². The molecule has 3 rings (SSSR count). The van der Waals surface area contributed by atoms with Gasteiger partial charge in [-0.1, -0.05) is 27.7 Å². The van der Waals surface area contributed by atoms with E-state index in [0.717, 1.165) is 42.5 Å². The summed E-state index contributed by atoms with van der Waals surface area (Å²) in [4.78, 5) is 14.5. The standard InChI is InChI=1S/C19H29NO2S/c1-18(2)6-5-14-13(9-18)15(17(21)22)16(23-14)12-8-19(3,4)7-11(12)10-20/h11-12H,5-10,20H2,1-4H3,(H,21,22)/t11-,12-/m1/s1. The monoisotopic (exact) mass is 335 g/mol. The third-order valence-corrected chi connectivity index (χ3v) is 7.24. The Morgan fingerprint density at radius 1 is 1.26 bits per heavy atom. The molecule has 0 spiro atoms. The minimum Gasteiger partial charge on any atom is -0.478 e. The van der Waals surface area contributed by atoms with Gasteiger partial charge in [-0.3, -0.25) is 0 Å². The average molecular weight is 336 g/mol. The molecule has 0 aliphatic heterocycles. The van der Waals surface area contributed by atoms with Gasteiger partial charge in [0.05, 0.1) is 5.56 Å². The summed E-state index contributed by atoms with van der Waals surface area (Å²) in [6, 6.07) is 0. The molecule has 0 radical (unpaired) electrons. The highest BCUT2D eigenvalue weighted by atomic mass is 32.1. The smallest absolute Gasteiger partial charge is 0.337 e. The van der Waals surface area contributed by atoms with E-state index in [1.165, 1.54) is 4.88 Å². The Morgan fingerprint density at radius 3 is 2.57 bits per heavy atom. The summed E-state index contributed by atoms with van der Waals surface area (Å²) in [5.74, 6) is -0.00768. The fourth-order valence-electron chi connectivity index (χ4n) is 4.69. The van der Waals surface area contributed by atoms with Crippen LogP contribution in [0.3, 0.4) is 0 Å². The lowest BCUT2D eigenvalue weighted by molar-refractivity contribution is 0.0693. The van der Waals surface area contributed by atoms with E-state index in [9.17, 15) is 9.90 Å². The predicted molar refractivity (Wildman–Crippen MR) is 95.4 cm³/mol. The highest BCUT2D eigenvalue weighted by Crippen LogP contribution is 2.54. The van der Waals surface area contributed by atoms with Crippen molar-refractivity contribution in [3.63, 3.8) is 0 Å². The molecule has 3 nitrogen and oxygen atoms in total. The number of carboxylic acid groups (broad SMARTS) is 1. The number of thiophene rings is 1. The summed E-state index contributed by atoms with van der Waals surface area (Å²) in [5, 5.41) is 9.91. The lowest BCUT2D eigenvalue weighted by Crippen LogP contribution is -2.23. The summed E-state index contributed by atoms with van der Waals surface area (Å²) in [6.07, 6.45) is 5.22. The van der Waals surface area contributed by atoms with Crippen LogP contribution in [0.5, 0.6) is 0 Å². The summed E-state index contributed by atoms with van der Waals surface area (Å²) in [7, 11) is 0. The number of hydrogen-bond acceptors (Lipinski definition) is 3. The highest BCUT2D eigenvalue weighted by Gasteiger charge is 2.43. The van der Waals surface area contributed by atoms with E-state index in [-0.39, 0.29) is 10.8 Å². The first-order chi connectivity index (χ1) is 10.6. The van der Waals surface area contributed by atoms with Crippen LogP contribution in [-0.4, -0.2) is 17.6 Å². The summed E-state index contributed by atoms with van der Waals surface area (Å²) >= 11 is 1.77. The SMILES string of the molecule is CC1(C)CCc2sc([C@@H]3CC(C)(C)C[C@@H]3CN)c(C(=O)O)c2C1. The van der Waals surface area contributed by atoms with Crippen molar-refractivity contribution in [1.29, 1.82) is 0 Å². The predicted octanol–water partition coefficient (Wildman–Crippen LogP) is 4.44. The minimum atomic E-state index is -0.740. The van der Waals surface area contributed by atoms with Gasteiger partial charge in [-0.15, -0.1) is 11.3 Å². The quantitative estimate of drug-likeness (QED) is 0.858. The van der Waals surface area contributed by atoms with Crippen LogP contribution in [0.4, 0.5) is 0 Å². The molecule has 1 aromatic heterocycles. The zero-order valence-electron chi connectivity index (χ0n) is 14.7. The Morgan fingerprint density at radius 2 is 1.96 bits per heavy atom. The number of aromatic carboxylic acids is 1. The molecule has 4 heteroatoms. The normalized spacial score (nSPS) is 28.6. The zero-order chi connectivity index (χ0) is 17.0. The van der Waals surface area contributed by atoms with Gasteiger partial charge in [0, 0.05) is 9.75 Å². The molecule has 0 bridgehead atoms. The molecule has 2 aliphatic rings. The maximum absolute atomic E-state index is 12.1. The topological polar surface area (TPSA) is 63.3 Å². The van der Waals surface area contributed by atoms with Gasteiger partial charge in [0.1, 0.15) is 0 Å². The van der Waals surface area contributed by atoms with Crippen molar-refractivity contribution in [3.05, 3.63) is 20.9 Å². The lowest BCUT2D eigenvalue weighted by Gasteiger charge is -2.29. The van der Waals surface area contributed by atoms with Crippen LogP contribution in [0.25, 0.3) is 0 Å². The maximum Gasteiger partial charge on any atom is 0.337 e. The molecule has 23 heavy (non-hydrogen) atoms. The third kappa shape index (κ3) is 3.08. The van der Waals surface area contributed by atoms with E-state index in [1.54, 1.807) is 11.3 Å². The number of nitrogens with two attached hydrogens (primary N) is 1. The van der Waals surface area contributed by atoms with Crippen LogP contribution >= 0.6 is 11.3 Å². The van der Waals surface area contributed by atoms with Crippen LogP contribution in [0, 0.1) is 16.7 Å². The lowest BCUT2D eigenvalue weighted by atomic mass is 9.75. The van der Waals surface area contributed by atoms with Crippen molar-refractivity contribution in [3.8, 4) is 0 Å². The first-order valence-corrected chi connectivity index (χ1v) is 9.53. The van der Waals surface area contributed by atoms with Crippen molar-refractivity contribution in [2.75, 3.05) is 6.54 Å². The van der Waals surface area contributed by atoms with Crippen LogP contribution in [0.2, 0.25) is 0 Å². The van der Waals surface area contributed by atoms with Gasteiger partial charge in [0.15, 0.2) is 0 Å². The molecule has 128 valence electrons. The Labute approximate surface area is 143 Å². The number of fused-ring (bicyclic) bond motifs is 1. The fraction of sp³-hybridized carbons (Fsp3) is 0.737. The second kappa shape index (κ2) is 5.59. The highest BCUT2D eigenvalue weighted by molar-refractivity contribution is 7.12. The molecule has 1 heterocycles. The van der Waals surface area contributed by atoms with E-state index in [2.05, 4.69) is 27.7 Å². The molecule has 1 fully saturated rings. The number of rotatable bonds is 3. The Bertz CT molecular complexity index is 630.